The second-order valence-electron chi connectivity index (χ2n) is 9.00. The van der Waals surface area contributed by atoms with Crippen molar-refractivity contribution in [3.63, 3.8) is 0 Å². The molecule has 178 valence electrons. The summed E-state index contributed by atoms with van der Waals surface area (Å²) in [6.45, 7) is 6.76. The highest BCUT2D eigenvalue weighted by Crippen LogP contribution is 2.30. The molecule has 1 unspecified atom stereocenters. The van der Waals surface area contributed by atoms with Gasteiger partial charge < -0.3 is 25.4 Å². The summed E-state index contributed by atoms with van der Waals surface area (Å²) in [6, 6.07) is 4.53. The van der Waals surface area contributed by atoms with Gasteiger partial charge in [-0.15, -0.1) is 0 Å². The average Bonchev–Trinajstić information content (AvgIpc) is 2.80. The molecule has 0 bridgehead atoms. The molecule has 4 heterocycles. The molecule has 0 radical (unpaired) electrons. The number of rotatable bonds is 6. The summed E-state index contributed by atoms with van der Waals surface area (Å²) in [5.74, 6) is -0.213. The van der Waals surface area contributed by atoms with Crippen molar-refractivity contribution >= 4 is 29.1 Å². The van der Waals surface area contributed by atoms with Gasteiger partial charge in [0.2, 0.25) is 5.91 Å². The molecule has 2 saturated heterocycles. The van der Waals surface area contributed by atoms with Gasteiger partial charge in [-0.2, -0.15) is 0 Å². The van der Waals surface area contributed by atoms with Gasteiger partial charge in [0.05, 0.1) is 41.6 Å². The van der Waals surface area contributed by atoms with Crippen LogP contribution in [-0.2, 0) is 14.3 Å². The highest BCUT2D eigenvalue weighted by atomic mass is 35.5. The number of nitrogens with one attached hydrogen (secondary N) is 3. The van der Waals surface area contributed by atoms with Crippen molar-refractivity contribution in [3.05, 3.63) is 35.2 Å². The third kappa shape index (κ3) is 6.17. The zero-order valence-electron chi connectivity index (χ0n) is 18.8. The number of ether oxygens (including phenoxy) is 2. The van der Waals surface area contributed by atoms with E-state index in [2.05, 4.69) is 25.9 Å². The molecule has 2 aromatic heterocycles. The lowest BCUT2D eigenvalue weighted by Crippen LogP contribution is -2.45. The van der Waals surface area contributed by atoms with Gasteiger partial charge in [-0.1, -0.05) is 11.6 Å². The monoisotopic (exact) mass is 477 g/mol. The lowest BCUT2D eigenvalue weighted by Gasteiger charge is -2.36. The minimum atomic E-state index is -0.488. The fourth-order valence-corrected chi connectivity index (χ4v) is 4.19. The third-order valence-electron chi connectivity index (χ3n) is 5.63. The summed E-state index contributed by atoms with van der Waals surface area (Å²) in [4.78, 5) is 21.2. The molecular weight excluding hydrogens is 449 g/mol. The van der Waals surface area contributed by atoms with Crippen molar-refractivity contribution in [2.45, 2.75) is 38.4 Å². The largest absolute Gasteiger partial charge is 0.376 e. The van der Waals surface area contributed by atoms with Gasteiger partial charge >= 0.3 is 0 Å². The Labute approximate surface area is 197 Å². The van der Waals surface area contributed by atoms with E-state index in [4.69, 9.17) is 21.1 Å². The molecule has 0 aromatic carbocycles. The van der Waals surface area contributed by atoms with Crippen molar-refractivity contribution in [1.82, 2.24) is 15.3 Å². The standard InChI is InChI=1S/C23H29ClFN5O3/c1-23(2)13-32-12-15(33-23)10-28-21-18(25)5-6-19(29-21)16-8-20(27-11-17(16)24)30-22(31)14-4-3-7-26-9-14/h5-6,8,11,14-15,26H,3-4,7,9-10,12-13H2,1-2H3,(H,28,29)(H,27,30,31)/t14?,15-/m0/s1. The van der Waals surface area contributed by atoms with Crippen LogP contribution in [0.5, 0.6) is 0 Å². The Morgan fingerprint density at radius 3 is 3.00 bits per heavy atom. The Hall–Kier alpha value is -2.33. The number of carbonyl (C=O) groups is 1. The maximum atomic E-state index is 14.4. The number of anilines is 2. The third-order valence-corrected chi connectivity index (χ3v) is 5.93. The van der Waals surface area contributed by atoms with Crippen molar-refractivity contribution < 1.29 is 18.7 Å². The molecule has 1 amide bonds. The Kier molecular flexibility index (Phi) is 7.43. The van der Waals surface area contributed by atoms with E-state index in [1.807, 2.05) is 13.8 Å². The highest BCUT2D eigenvalue weighted by molar-refractivity contribution is 6.33. The number of piperidine rings is 1. The van der Waals surface area contributed by atoms with E-state index in [9.17, 15) is 9.18 Å². The van der Waals surface area contributed by atoms with E-state index in [0.29, 0.717) is 48.4 Å². The predicted octanol–water partition coefficient (Wildman–Crippen LogP) is 3.48. The van der Waals surface area contributed by atoms with Crippen LogP contribution in [0, 0.1) is 11.7 Å². The van der Waals surface area contributed by atoms with Crippen LogP contribution in [0.3, 0.4) is 0 Å². The molecule has 3 N–H and O–H groups in total. The molecule has 2 atom stereocenters. The van der Waals surface area contributed by atoms with Crippen LogP contribution in [-0.4, -0.2) is 60.4 Å². The molecule has 8 nitrogen and oxygen atoms in total. The van der Waals surface area contributed by atoms with E-state index in [-0.39, 0.29) is 23.7 Å². The zero-order valence-corrected chi connectivity index (χ0v) is 19.5. The van der Waals surface area contributed by atoms with Crippen LogP contribution in [0.2, 0.25) is 5.02 Å². The number of pyridine rings is 2. The Morgan fingerprint density at radius 1 is 1.39 bits per heavy atom. The van der Waals surface area contributed by atoms with Gasteiger partial charge in [0.1, 0.15) is 5.82 Å². The molecule has 0 saturated carbocycles. The Bertz CT molecular complexity index is 1000. The summed E-state index contributed by atoms with van der Waals surface area (Å²) < 4.78 is 26.0. The van der Waals surface area contributed by atoms with Gasteiger partial charge in [0.25, 0.3) is 0 Å². The first-order chi connectivity index (χ1) is 15.8. The summed E-state index contributed by atoms with van der Waals surface area (Å²) in [7, 11) is 0. The molecule has 2 aromatic rings. The van der Waals surface area contributed by atoms with E-state index in [1.165, 1.54) is 12.3 Å². The minimum absolute atomic E-state index is 0.0879. The van der Waals surface area contributed by atoms with Crippen LogP contribution < -0.4 is 16.0 Å². The van der Waals surface area contributed by atoms with Crippen molar-refractivity contribution in [2.24, 2.45) is 5.92 Å². The number of amides is 1. The fraction of sp³-hybridized carbons (Fsp3) is 0.522. The molecule has 2 aliphatic heterocycles. The minimum Gasteiger partial charge on any atom is -0.376 e. The van der Waals surface area contributed by atoms with E-state index < -0.39 is 11.4 Å². The molecule has 0 aliphatic carbocycles. The Morgan fingerprint density at radius 2 is 2.24 bits per heavy atom. The lowest BCUT2D eigenvalue weighted by atomic mass is 9.99. The summed E-state index contributed by atoms with van der Waals surface area (Å²) in [5.41, 5.74) is 0.616. The number of aromatic nitrogens is 2. The topological polar surface area (TPSA) is 97.4 Å². The highest BCUT2D eigenvalue weighted by Gasteiger charge is 2.29. The van der Waals surface area contributed by atoms with Crippen LogP contribution >= 0.6 is 11.6 Å². The van der Waals surface area contributed by atoms with Gasteiger partial charge in [0, 0.05) is 24.8 Å². The summed E-state index contributed by atoms with van der Waals surface area (Å²) >= 11 is 6.36. The van der Waals surface area contributed by atoms with Crippen LogP contribution in [0.15, 0.2) is 24.4 Å². The van der Waals surface area contributed by atoms with Crippen LogP contribution in [0.4, 0.5) is 16.0 Å². The van der Waals surface area contributed by atoms with Gasteiger partial charge in [-0.05, 0) is 51.4 Å². The predicted molar refractivity (Wildman–Crippen MR) is 125 cm³/mol. The second-order valence-corrected chi connectivity index (χ2v) is 9.41. The van der Waals surface area contributed by atoms with Gasteiger partial charge in [-0.3, -0.25) is 4.79 Å². The first kappa shape index (κ1) is 23.8. The maximum absolute atomic E-state index is 14.4. The number of halogens is 2. The molecular formula is C23H29ClFN5O3. The molecule has 10 heteroatoms. The van der Waals surface area contributed by atoms with Crippen LogP contribution in [0.1, 0.15) is 26.7 Å². The lowest BCUT2D eigenvalue weighted by molar-refractivity contribution is -0.177. The summed E-state index contributed by atoms with van der Waals surface area (Å²) in [6.07, 6.45) is 3.03. The quantitative estimate of drug-likeness (QED) is 0.586. The number of nitrogens with zero attached hydrogens (tertiary/aromatic N) is 2. The Balaban J connectivity index is 1.48. The first-order valence-electron chi connectivity index (χ1n) is 11.1. The normalized spacial score (nSPS) is 22.5. The number of carbonyl (C=O) groups excluding carboxylic acids is 1. The molecule has 2 aliphatic rings. The van der Waals surface area contributed by atoms with Crippen LogP contribution in [0.25, 0.3) is 11.3 Å². The summed E-state index contributed by atoms with van der Waals surface area (Å²) in [5, 5.41) is 9.45. The van der Waals surface area contributed by atoms with E-state index >= 15 is 0 Å². The SMILES string of the molecule is CC1(C)COC[C@H](CNc2nc(-c3cc(NC(=O)C4CCCNC4)ncc3Cl)ccc2F)O1. The molecule has 4 rings (SSSR count). The van der Waals surface area contributed by atoms with Gasteiger partial charge in [0.15, 0.2) is 11.6 Å². The first-order valence-corrected chi connectivity index (χ1v) is 11.5. The maximum Gasteiger partial charge on any atom is 0.229 e. The number of hydrogen-bond acceptors (Lipinski definition) is 7. The number of hydrogen-bond donors (Lipinski definition) is 3. The smallest absolute Gasteiger partial charge is 0.229 e. The second kappa shape index (κ2) is 10.3. The average molecular weight is 478 g/mol. The molecule has 0 spiro atoms. The molecule has 2 fully saturated rings. The van der Waals surface area contributed by atoms with E-state index in [1.54, 1.807) is 12.1 Å². The van der Waals surface area contributed by atoms with Gasteiger partial charge in [-0.25, -0.2) is 14.4 Å². The molecule has 33 heavy (non-hydrogen) atoms. The van der Waals surface area contributed by atoms with Crippen molar-refractivity contribution in [3.8, 4) is 11.3 Å². The van der Waals surface area contributed by atoms with Crippen molar-refractivity contribution in [2.75, 3.05) is 43.5 Å². The van der Waals surface area contributed by atoms with Crippen molar-refractivity contribution in [1.29, 1.82) is 0 Å². The zero-order chi connectivity index (χ0) is 23.4. The van der Waals surface area contributed by atoms with E-state index in [0.717, 1.165) is 19.4 Å². The fourth-order valence-electron chi connectivity index (χ4n) is 3.99.